The lowest BCUT2D eigenvalue weighted by molar-refractivity contribution is -0.137. The Kier molecular flexibility index (Phi) is 5.62. The maximum atomic E-state index is 11.1. The molecule has 4 heteroatoms. The van der Waals surface area contributed by atoms with Gasteiger partial charge in [-0.15, -0.1) is 0 Å². The number of carbonyl (C=O) groups is 1. The predicted molar refractivity (Wildman–Crippen MR) is 85.9 cm³/mol. The Hall–Kier alpha value is -1.55. The smallest absolute Gasteiger partial charge is 0.304 e. The Morgan fingerprint density at radius 3 is 2.43 bits per heavy atom. The largest absolute Gasteiger partial charge is 0.481 e. The standard InChI is InChI=1S/C17H26N2O2/c1-19(2)16-9-7-13(8-10-16)11-15(12-17(20)21)18-14-5-3-4-6-14/h7-10,14-15,18H,3-6,11-12H2,1-2H3,(H,20,21). The molecule has 2 rings (SSSR count). The van der Waals surface area contributed by atoms with Gasteiger partial charge >= 0.3 is 5.97 Å². The van der Waals surface area contributed by atoms with E-state index in [1.165, 1.54) is 31.2 Å². The third-order valence-corrected chi connectivity index (χ3v) is 4.18. The number of anilines is 1. The first-order chi connectivity index (χ1) is 10.0. The van der Waals surface area contributed by atoms with Crippen molar-refractivity contribution in [3.05, 3.63) is 29.8 Å². The highest BCUT2D eigenvalue weighted by atomic mass is 16.4. The lowest BCUT2D eigenvalue weighted by atomic mass is 10.0. The maximum Gasteiger partial charge on any atom is 0.304 e. The van der Waals surface area contributed by atoms with Gasteiger partial charge in [-0.2, -0.15) is 0 Å². The van der Waals surface area contributed by atoms with E-state index in [0.717, 1.165) is 12.1 Å². The van der Waals surface area contributed by atoms with Gasteiger partial charge < -0.3 is 15.3 Å². The fourth-order valence-corrected chi connectivity index (χ4v) is 3.04. The zero-order valence-corrected chi connectivity index (χ0v) is 13.0. The minimum atomic E-state index is -0.726. The molecule has 21 heavy (non-hydrogen) atoms. The molecule has 1 unspecified atom stereocenters. The van der Waals surface area contributed by atoms with Crippen molar-refractivity contribution in [1.82, 2.24) is 5.32 Å². The molecule has 0 heterocycles. The van der Waals surface area contributed by atoms with Crippen LogP contribution in [0.1, 0.15) is 37.7 Å². The Morgan fingerprint density at radius 2 is 1.90 bits per heavy atom. The molecule has 1 atom stereocenters. The average molecular weight is 290 g/mol. The van der Waals surface area contributed by atoms with Crippen molar-refractivity contribution in [1.29, 1.82) is 0 Å². The third-order valence-electron chi connectivity index (χ3n) is 4.18. The van der Waals surface area contributed by atoms with Crippen molar-refractivity contribution in [2.24, 2.45) is 0 Å². The second-order valence-electron chi connectivity index (χ2n) is 6.21. The summed E-state index contributed by atoms with van der Waals surface area (Å²) in [4.78, 5) is 13.1. The second-order valence-corrected chi connectivity index (χ2v) is 6.21. The Labute approximate surface area is 127 Å². The minimum Gasteiger partial charge on any atom is -0.481 e. The SMILES string of the molecule is CN(C)c1ccc(CC(CC(=O)O)NC2CCCC2)cc1. The van der Waals surface area contributed by atoms with E-state index in [1.54, 1.807) is 0 Å². The minimum absolute atomic E-state index is 0.0239. The first-order valence-electron chi connectivity index (χ1n) is 7.78. The summed E-state index contributed by atoms with van der Waals surface area (Å²) in [6.45, 7) is 0. The summed E-state index contributed by atoms with van der Waals surface area (Å²) in [7, 11) is 4.04. The van der Waals surface area contributed by atoms with Crippen LogP contribution < -0.4 is 10.2 Å². The summed E-state index contributed by atoms with van der Waals surface area (Å²) in [5.41, 5.74) is 2.36. The van der Waals surface area contributed by atoms with E-state index in [0.29, 0.717) is 6.04 Å². The molecule has 0 aromatic heterocycles. The molecule has 4 nitrogen and oxygen atoms in total. The van der Waals surface area contributed by atoms with Crippen molar-refractivity contribution in [2.75, 3.05) is 19.0 Å². The molecule has 1 saturated carbocycles. The summed E-state index contributed by atoms with van der Waals surface area (Å²) < 4.78 is 0. The zero-order valence-electron chi connectivity index (χ0n) is 13.0. The van der Waals surface area contributed by atoms with Crippen LogP contribution in [-0.2, 0) is 11.2 Å². The molecule has 1 aliphatic rings. The highest BCUT2D eigenvalue weighted by Crippen LogP contribution is 2.20. The first kappa shape index (κ1) is 15.8. The molecule has 1 aliphatic carbocycles. The van der Waals surface area contributed by atoms with Gasteiger partial charge in [0.05, 0.1) is 6.42 Å². The zero-order chi connectivity index (χ0) is 15.2. The molecule has 116 valence electrons. The van der Waals surface area contributed by atoms with Crippen LogP contribution in [0.15, 0.2) is 24.3 Å². The summed E-state index contributed by atoms with van der Waals surface area (Å²) in [6.07, 6.45) is 5.83. The molecule has 1 aromatic carbocycles. The molecule has 0 radical (unpaired) electrons. The molecule has 1 aromatic rings. The lowest BCUT2D eigenvalue weighted by Gasteiger charge is -2.22. The molecule has 1 fully saturated rings. The van der Waals surface area contributed by atoms with E-state index in [2.05, 4.69) is 34.5 Å². The van der Waals surface area contributed by atoms with Crippen molar-refractivity contribution in [2.45, 2.75) is 50.6 Å². The van der Waals surface area contributed by atoms with Gasteiger partial charge in [-0.05, 0) is 37.0 Å². The van der Waals surface area contributed by atoms with Gasteiger partial charge in [0.25, 0.3) is 0 Å². The highest BCUT2D eigenvalue weighted by molar-refractivity contribution is 5.67. The van der Waals surface area contributed by atoms with Crippen LogP contribution in [0.3, 0.4) is 0 Å². The predicted octanol–water partition coefficient (Wildman–Crippen LogP) is 2.67. The Bertz CT molecular complexity index is 450. The fourth-order valence-electron chi connectivity index (χ4n) is 3.04. The van der Waals surface area contributed by atoms with E-state index >= 15 is 0 Å². The molecular weight excluding hydrogens is 264 g/mol. The first-order valence-corrected chi connectivity index (χ1v) is 7.78. The van der Waals surface area contributed by atoms with Crippen LogP contribution in [0.5, 0.6) is 0 Å². The second kappa shape index (κ2) is 7.46. The third kappa shape index (κ3) is 5.05. The van der Waals surface area contributed by atoms with Gasteiger partial charge in [0.1, 0.15) is 0 Å². The van der Waals surface area contributed by atoms with Crippen LogP contribution in [0.4, 0.5) is 5.69 Å². The van der Waals surface area contributed by atoms with Crippen LogP contribution in [0.25, 0.3) is 0 Å². The highest BCUT2D eigenvalue weighted by Gasteiger charge is 2.21. The molecule has 0 spiro atoms. The van der Waals surface area contributed by atoms with Gasteiger partial charge in [-0.3, -0.25) is 4.79 Å². The Morgan fingerprint density at radius 1 is 1.29 bits per heavy atom. The van der Waals surface area contributed by atoms with Crippen LogP contribution in [-0.4, -0.2) is 37.3 Å². The molecule has 0 bridgehead atoms. The lowest BCUT2D eigenvalue weighted by Crippen LogP contribution is -2.39. The van der Waals surface area contributed by atoms with E-state index in [9.17, 15) is 4.79 Å². The summed E-state index contributed by atoms with van der Waals surface area (Å²) in [5.74, 6) is -0.726. The van der Waals surface area contributed by atoms with Crippen molar-refractivity contribution >= 4 is 11.7 Å². The number of carboxylic acids is 1. The van der Waals surface area contributed by atoms with Gasteiger partial charge in [-0.1, -0.05) is 25.0 Å². The number of carboxylic acid groups (broad SMARTS) is 1. The van der Waals surface area contributed by atoms with Crippen LogP contribution >= 0.6 is 0 Å². The fraction of sp³-hybridized carbons (Fsp3) is 0.588. The maximum absolute atomic E-state index is 11.1. The van der Waals surface area contributed by atoms with Gasteiger partial charge in [0, 0.05) is 31.9 Å². The number of hydrogen-bond donors (Lipinski definition) is 2. The van der Waals surface area contributed by atoms with Crippen molar-refractivity contribution in [3.8, 4) is 0 Å². The summed E-state index contributed by atoms with van der Waals surface area (Å²) in [5, 5.41) is 12.6. The molecule has 0 amide bonds. The van der Waals surface area contributed by atoms with Gasteiger partial charge in [-0.25, -0.2) is 0 Å². The number of hydrogen-bond acceptors (Lipinski definition) is 3. The summed E-state index contributed by atoms with van der Waals surface area (Å²) >= 11 is 0. The van der Waals surface area contributed by atoms with E-state index in [4.69, 9.17) is 5.11 Å². The van der Waals surface area contributed by atoms with Crippen molar-refractivity contribution in [3.63, 3.8) is 0 Å². The molecule has 0 saturated heterocycles. The monoisotopic (exact) mass is 290 g/mol. The van der Waals surface area contributed by atoms with Crippen LogP contribution in [0.2, 0.25) is 0 Å². The van der Waals surface area contributed by atoms with E-state index < -0.39 is 5.97 Å². The van der Waals surface area contributed by atoms with Crippen molar-refractivity contribution < 1.29 is 9.90 Å². The number of nitrogens with one attached hydrogen (secondary N) is 1. The van der Waals surface area contributed by atoms with Crippen LogP contribution in [0, 0.1) is 0 Å². The van der Waals surface area contributed by atoms with E-state index in [-0.39, 0.29) is 12.5 Å². The number of benzene rings is 1. The van der Waals surface area contributed by atoms with Gasteiger partial charge in [0.15, 0.2) is 0 Å². The summed E-state index contributed by atoms with van der Waals surface area (Å²) in [6, 6.07) is 8.89. The van der Waals surface area contributed by atoms with Gasteiger partial charge in [0.2, 0.25) is 0 Å². The Balaban J connectivity index is 1.97. The quantitative estimate of drug-likeness (QED) is 0.810. The van der Waals surface area contributed by atoms with E-state index in [1.807, 2.05) is 14.1 Å². The number of aliphatic carboxylic acids is 1. The number of rotatable bonds is 7. The molecule has 0 aliphatic heterocycles. The normalized spacial score (nSPS) is 16.9. The molecule has 2 N–H and O–H groups in total. The topological polar surface area (TPSA) is 52.6 Å². The number of nitrogens with zero attached hydrogens (tertiary/aromatic N) is 1. The average Bonchev–Trinajstić information content (AvgIpc) is 2.91. The molecular formula is C17H26N2O2.